The van der Waals surface area contributed by atoms with Crippen molar-refractivity contribution >= 4 is 23.3 Å². The molecule has 0 radical (unpaired) electrons. The second kappa shape index (κ2) is 8.52. The molecular formula is C20H21F2NO3S. The summed E-state index contributed by atoms with van der Waals surface area (Å²) in [5.41, 5.74) is 1.88. The van der Waals surface area contributed by atoms with Gasteiger partial charge in [-0.2, -0.15) is 8.78 Å². The summed E-state index contributed by atoms with van der Waals surface area (Å²) in [7, 11) is 0. The monoisotopic (exact) mass is 393 g/mol. The van der Waals surface area contributed by atoms with Gasteiger partial charge in [0.05, 0.1) is 12.6 Å². The Kier molecular flexibility index (Phi) is 6.11. The first-order valence-corrected chi connectivity index (χ1v) is 9.64. The minimum absolute atomic E-state index is 0.0232. The number of benzene rings is 1. The molecule has 1 aromatic heterocycles. The molecule has 27 heavy (non-hydrogen) atoms. The molecule has 0 saturated carbocycles. The lowest BCUT2D eigenvalue weighted by Crippen LogP contribution is -2.37. The Hall–Kier alpha value is -2.41. The fourth-order valence-electron chi connectivity index (χ4n) is 3.16. The Labute approximate surface area is 161 Å². The molecule has 4 nitrogen and oxygen atoms in total. The number of carbonyl (C=O) groups is 1. The molecule has 0 N–H and O–H groups in total. The molecule has 0 bridgehead atoms. The van der Waals surface area contributed by atoms with Crippen LogP contribution in [0.2, 0.25) is 0 Å². The van der Waals surface area contributed by atoms with Crippen LogP contribution in [0.3, 0.4) is 0 Å². The number of hydrogen-bond acceptors (Lipinski definition) is 4. The van der Waals surface area contributed by atoms with Crippen LogP contribution in [0.15, 0.2) is 35.7 Å². The fraction of sp³-hybridized carbons (Fsp3) is 0.350. The normalized spacial score (nSPS) is 16.6. The third kappa shape index (κ3) is 4.47. The van der Waals surface area contributed by atoms with Crippen LogP contribution in [0.4, 0.5) is 8.78 Å². The second-order valence-electron chi connectivity index (χ2n) is 6.11. The molecule has 0 fully saturated rings. The zero-order valence-electron chi connectivity index (χ0n) is 15.2. The first-order valence-electron chi connectivity index (χ1n) is 8.76. The van der Waals surface area contributed by atoms with E-state index in [2.05, 4.69) is 16.2 Å². The minimum atomic E-state index is -2.92. The quantitative estimate of drug-likeness (QED) is 0.655. The summed E-state index contributed by atoms with van der Waals surface area (Å²) in [6, 6.07) is 6.73. The molecule has 1 aliphatic heterocycles. The predicted molar refractivity (Wildman–Crippen MR) is 101 cm³/mol. The highest BCUT2D eigenvalue weighted by Crippen LogP contribution is 2.33. The van der Waals surface area contributed by atoms with Gasteiger partial charge < -0.3 is 14.4 Å². The third-order valence-corrected chi connectivity index (χ3v) is 5.46. The summed E-state index contributed by atoms with van der Waals surface area (Å²) >= 11 is 1.73. The number of ether oxygens (including phenoxy) is 2. The summed E-state index contributed by atoms with van der Waals surface area (Å²) in [5.74, 6) is 0.122. The lowest BCUT2D eigenvalue weighted by atomic mass is 10.0. The number of rotatable bonds is 6. The van der Waals surface area contributed by atoms with E-state index in [1.54, 1.807) is 36.5 Å². The molecule has 7 heteroatoms. The van der Waals surface area contributed by atoms with E-state index in [9.17, 15) is 13.6 Å². The number of alkyl halides is 2. The molecule has 1 atom stereocenters. The molecule has 3 rings (SSSR count). The van der Waals surface area contributed by atoms with Gasteiger partial charge in [0.15, 0.2) is 11.5 Å². The van der Waals surface area contributed by atoms with Crippen molar-refractivity contribution in [3.8, 4) is 11.5 Å². The summed E-state index contributed by atoms with van der Waals surface area (Å²) in [6.45, 7) is 1.87. The van der Waals surface area contributed by atoms with Crippen molar-refractivity contribution in [1.82, 2.24) is 4.90 Å². The van der Waals surface area contributed by atoms with Gasteiger partial charge in [-0.25, -0.2) is 0 Å². The molecule has 1 aliphatic rings. The maximum Gasteiger partial charge on any atom is 0.387 e. The molecule has 144 valence electrons. The average molecular weight is 393 g/mol. The zero-order valence-corrected chi connectivity index (χ0v) is 16.0. The van der Waals surface area contributed by atoms with Crippen LogP contribution < -0.4 is 9.47 Å². The Morgan fingerprint density at radius 3 is 2.93 bits per heavy atom. The summed E-state index contributed by atoms with van der Waals surface area (Å²) in [4.78, 5) is 15.8. The molecule has 0 spiro atoms. The lowest BCUT2D eigenvalue weighted by molar-refractivity contribution is -0.128. The van der Waals surface area contributed by atoms with Gasteiger partial charge >= 0.3 is 6.61 Å². The van der Waals surface area contributed by atoms with Crippen LogP contribution in [0.1, 0.15) is 35.9 Å². The topological polar surface area (TPSA) is 38.8 Å². The van der Waals surface area contributed by atoms with Crippen LogP contribution in [-0.4, -0.2) is 30.6 Å². The van der Waals surface area contributed by atoms with E-state index in [-0.39, 0.29) is 23.4 Å². The molecule has 0 saturated heterocycles. The van der Waals surface area contributed by atoms with Crippen molar-refractivity contribution < 1.29 is 23.0 Å². The molecular weight excluding hydrogens is 372 g/mol. The van der Waals surface area contributed by atoms with E-state index >= 15 is 0 Å². The molecule has 0 aliphatic carbocycles. The Balaban J connectivity index is 1.73. The predicted octanol–water partition coefficient (Wildman–Crippen LogP) is 4.91. The van der Waals surface area contributed by atoms with E-state index in [0.29, 0.717) is 18.7 Å². The maximum absolute atomic E-state index is 12.6. The number of halogens is 2. The van der Waals surface area contributed by atoms with Gasteiger partial charge in [-0.05, 0) is 61.1 Å². The highest BCUT2D eigenvalue weighted by atomic mass is 32.1. The van der Waals surface area contributed by atoms with E-state index in [1.807, 2.05) is 11.8 Å². The highest BCUT2D eigenvalue weighted by molar-refractivity contribution is 7.10. The number of nitrogens with zero attached hydrogens (tertiary/aromatic N) is 1. The summed E-state index contributed by atoms with van der Waals surface area (Å²) in [5, 5.41) is 2.06. The number of amides is 1. The fourth-order valence-corrected chi connectivity index (χ4v) is 4.13. The lowest BCUT2D eigenvalue weighted by Gasteiger charge is -2.32. The number of carbonyl (C=O) groups excluding carboxylic acids is 1. The number of hydrogen-bond donors (Lipinski definition) is 0. The Morgan fingerprint density at radius 1 is 1.37 bits per heavy atom. The van der Waals surface area contributed by atoms with Gasteiger partial charge in [0.2, 0.25) is 5.91 Å². The van der Waals surface area contributed by atoms with E-state index in [0.717, 1.165) is 6.42 Å². The van der Waals surface area contributed by atoms with Gasteiger partial charge in [0.1, 0.15) is 0 Å². The first kappa shape index (κ1) is 19.4. The van der Waals surface area contributed by atoms with E-state index in [1.165, 1.54) is 22.6 Å². The standard InChI is InChI=1S/C20H21F2NO3S/c1-3-25-17-12-14(4-6-16(17)26-20(21)22)5-7-19(24)23-10-8-18-15(13(23)2)9-11-27-18/h4-7,9,11-13,20H,3,8,10H2,1-2H3/b7-5+/t13-/m0/s1. The largest absolute Gasteiger partial charge is 0.490 e. The van der Waals surface area contributed by atoms with Gasteiger partial charge in [0, 0.05) is 17.5 Å². The molecule has 0 unspecified atom stereocenters. The molecule has 1 amide bonds. The molecule has 1 aromatic carbocycles. The van der Waals surface area contributed by atoms with Crippen LogP contribution >= 0.6 is 11.3 Å². The first-order chi connectivity index (χ1) is 13.0. The van der Waals surface area contributed by atoms with Gasteiger partial charge in [-0.3, -0.25) is 4.79 Å². The number of fused-ring (bicyclic) bond motifs is 1. The summed E-state index contributed by atoms with van der Waals surface area (Å²) in [6.07, 6.45) is 4.03. The minimum Gasteiger partial charge on any atom is -0.490 e. The van der Waals surface area contributed by atoms with Crippen LogP contribution in [0.5, 0.6) is 11.5 Å². The summed E-state index contributed by atoms with van der Waals surface area (Å²) < 4.78 is 34.8. The molecule has 2 heterocycles. The van der Waals surface area contributed by atoms with Crippen molar-refractivity contribution in [1.29, 1.82) is 0 Å². The van der Waals surface area contributed by atoms with Crippen molar-refractivity contribution in [3.63, 3.8) is 0 Å². The Bertz CT molecular complexity index is 834. The van der Waals surface area contributed by atoms with Gasteiger partial charge in [0.25, 0.3) is 0 Å². The molecule has 2 aromatic rings. The van der Waals surface area contributed by atoms with E-state index in [4.69, 9.17) is 4.74 Å². The maximum atomic E-state index is 12.6. The van der Waals surface area contributed by atoms with Gasteiger partial charge in [-0.15, -0.1) is 11.3 Å². The van der Waals surface area contributed by atoms with E-state index < -0.39 is 6.61 Å². The van der Waals surface area contributed by atoms with Crippen LogP contribution in [0.25, 0.3) is 6.08 Å². The average Bonchev–Trinajstić information content (AvgIpc) is 3.11. The van der Waals surface area contributed by atoms with Crippen molar-refractivity contribution in [3.05, 3.63) is 51.7 Å². The SMILES string of the molecule is CCOc1cc(/C=C/C(=O)N2CCc3sccc3[C@@H]2C)ccc1OC(F)F. The second-order valence-corrected chi connectivity index (χ2v) is 7.11. The van der Waals surface area contributed by atoms with Crippen LogP contribution in [0, 0.1) is 0 Å². The number of thiophene rings is 1. The van der Waals surface area contributed by atoms with Crippen molar-refractivity contribution in [2.75, 3.05) is 13.2 Å². The third-order valence-electron chi connectivity index (χ3n) is 4.46. The van der Waals surface area contributed by atoms with Crippen molar-refractivity contribution in [2.45, 2.75) is 32.9 Å². The zero-order chi connectivity index (χ0) is 19.4. The Morgan fingerprint density at radius 2 is 2.19 bits per heavy atom. The van der Waals surface area contributed by atoms with Crippen molar-refractivity contribution in [2.24, 2.45) is 0 Å². The smallest absolute Gasteiger partial charge is 0.387 e. The highest BCUT2D eigenvalue weighted by Gasteiger charge is 2.27. The van der Waals surface area contributed by atoms with Gasteiger partial charge in [-0.1, -0.05) is 6.07 Å². The van der Waals surface area contributed by atoms with Crippen LogP contribution in [-0.2, 0) is 11.2 Å².